The summed E-state index contributed by atoms with van der Waals surface area (Å²) in [5.74, 6) is 0. The van der Waals surface area contributed by atoms with Crippen LogP contribution in [0.15, 0.2) is 30.3 Å². The lowest BCUT2D eigenvalue weighted by Gasteiger charge is -2.14. The number of nitrogens with one attached hydrogen (secondary N) is 1. The Balaban J connectivity index is 2.36. The second-order valence-electron chi connectivity index (χ2n) is 3.91. The van der Waals surface area contributed by atoms with Crippen LogP contribution in [0.3, 0.4) is 0 Å². The van der Waals surface area contributed by atoms with Crippen LogP contribution >= 0.6 is 0 Å². The Bertz CT molecular complexity index is 325. The van der Waals surface area contributed by atoms with Gasteiger partial charge in [0, 0.05) is 6.04 Å². The first kappa shape index (κ1) is 12.5. The largest absolute Gasteiger partial charge is 0.448 e. The van der Waals surface area contributed by atoms with Crippen molar-refractivity contribution < 1.29 is 9.53 Å². The summed E-state index contributed by atoms with van der Waals surface area (Å²) < 4.78 is 4.99. The van der Waals surface area contributed by atoms with Gasteiger partial charge in [-0.15, -0.1) is 0 Å². The Kier molecular flexibility index (Phi) is 4.79. The van der Waals surface area contributed by atoms with E-state index < -0.39 is 6.09 Å². The summed E-state index contributed by atoms with van der Waals surface area (Å²) in [5, 5.41) is 2.63. The second kappa shape index (κ2) is 6.12. The van der Waals surface area contributed by atoms with Crippen LogP contribution < -0.4 is 11.1 Å². The summed E-state index contributed by atoms with van der Waals surface area (Å²) in [6, 6.07) is 9.34. The van der Waals surface area contributed by atoms with Crippen molar-refractivity contribution in [2.45, 2.75) is 25.9 Å². The average molecular weight is 222 g/mol. The molecule has 16 heavy (non-hydrogen) atoms. The number of alkyl carbamates (subject to hydrolysis) is 1. The van der Waals surface area contributed by atoms with E-state index in [9.17, 15) is 4.79 Å². The standard InChI is InChI=1S/C12H18N2O2/c1-9(2)14-12(15)16-8-11(13)10-6-4-3-5-7-10/h3-7,9,11H,8,13H2,1-2H3,(H,14,15)/t11-/m1/s1. The number of amides is 1. The van der Waals surface area contributed by atoms with Crippen LogP contribution in [0.1, 0.15) is 25.5 Å². The number of rotatable bonds is 4. The molecule has 0 fully saturated rings. The minimum absolute atomic E-state index is 0.0699. The first-order chi connectivity index (χ1) is 7.59. The highest BCUT2D eigenvalue weighted by atomic mass is 16.5. The van der Waals surface area contributed by atoms with Crippen LogP contribution in [0, 0.1) is 0 Å². The fourth-order valence-corrected chi connectivity index (χ4v) is 1.24. The lowest BCUT2D eigenvalue weighted by Crippen LogP contribution is -2.32. The SMILES string of the molecule is CC(C)NC(=O)OC[C@@H](N)c1ccccc1. The van der Waals surface area contributed by atoms with E-state index in [0.29, 0.717) is 0 Å². The van der Waals surface area contributed by atoms with Gasteiger partial charge in [0.15, 0.2) is 0 Å². The zero-order valence-corrected chi connectivity index (χ0v) is 9.64. The Hall–Kier alpha value is -1.55. The lowest BCUT2D eigenvalue weighted by molar-refractivity contribution is 0.137. The fourth-order valence-electron chi connectivity index (χ4n) is 1.24. The van der Waals surface area contributed by atoms with Gasteiger partial charge in [0.2, 0.25) is 0 Å². The summed E-state index contributed by atoms with van der Waals surface area (Å²) in [5.41, 5.74) is 6.83. The maximum Gasteiger partial charge on any atom is 0.407 e. The van der Waals surface area contributed by atoms with Crippen LogP contribution in [-0.4, -0.2) is 18.7 Å². The number of ether oxygens (including phenoxy) is 1. The third kappa shape index (κ3) is 4.31. The molecule has 0 bridgehead atoms. The maximum atomic E-state index is 11.2. The number of nitrogens with two attached hydrogens (primary N) is 1. The smallest absolute Gasteiger partial charge is 0.407 e. The van der Waals surface area contributed by atoms with Gasteiger partial charge in [-0.05, 0) is 19.4 Å². The molecule has 0 unspecified atom stereocenters. The van der Waals surface area contributed by atoms with Gasteiger partial charge in [-0.25, -0.2) is 4.79 Å². The predicted molar refractivity (Wildman–Crippen MR) is 63.0 cm³/mol. The van der Waals surface area contributed by atoms with Crippen LogP contribution in [0.5, 0.6) is 0 Å². The molecule has 0 heterocycles. The fraction of sp³-hybridized carbons (Fsp3) is 0.417. The zero-order valence-electron chi connectivity index (χ0n) is 9.64. The monoisotopic (exact) mass is 222 g/mol. The topological polar surface area (TPSA) is 64.3 Å². The minimum atomic E-state index is -0.429. The van der Waals surface area contributed by atoms with E-state index in [1.165, 1.54) is 0 Å². The molecule has 0 saturated heterocycles. The quantitative estimate of drug-likeness (QED) is 0.816. The molecule has 4 nitrogen and oxygen atoms in total. The Labute approximate surface area is 95.8 Å². The van der Waals surface area contributed by atoms with Crippen molar-refractivity contribution in [3.05, 3.63) is 35.9 Å². The van der Waals surface area contributed by atoms with Gasteiger partial charge in [0.1, 0.15) is 6.61 Å². The van der Waals surface area contributed by atoms with Gasteiger partial charge in [-0.1, -0.05) is 30.3 Å². The van der Waals surface area contributed by atoms with E-state index in [0.717, 1.165) is 5.56 Å². The molecule has 1 amide bonds. The first-order valence-corrected chi connectivity index (χ1v) is 5.33. The van der Waals surface area contributed by atoms with Crippen molar-refractivity contribution in [1.82, 2.24) is 5.32 Å². The van der Waals surface area contributed by atoms with Crippen molar-refractivity contribution in [1.29, 1.82) is 0 Å². The predicted octanol–water partition coefficient (Wildman–Crippen LogP) is 1.82. The number of hydrogen-bond acceptors (Lipinski definition) is 3. The molecule has 88 valence electrons. The second-order valence-corrected chi connectivity index (χ2v) is 3.91. The number of carbonyl (C=O) groups is 1. The van der Waals surface area contributed by atoms with Gasteiger partial charge in [0.05, 0.1) is 6.04 Å². The minimum Gasteiger partial charge on any atom is -0.448 e. The molecule has 1 aromatic rings. The third-order valence-corrected chi connectivity index (χ3v) is 2.03. The highest BCUT2D eigenvalue weighted by Crippen LogP contribution is 2.09. The zero-order chi connectivity index (χ0) is 12.0. The molecule has 0 aliphatic heterocycles. The number of benzene rings is 1. The van der Waals surface area contributed by atoms with Gasteiger partial charge in [-0.2, -0.15) is 0 Å². The van der Waals surface area contributed by atoms with Crippen molar-refractivity contribution in [2.75, 3.05) is 6.61 Å². The van der Waals surface area contributed by atoms with E-state index in [1.54, 1.807) is 0 Å². The van der Waals surface area contributed by atoms with Gasteiger partial charge >= 0.3 is 6.09 Å². The van der Waals surface area contributed by atoms with Gasteiger partial charge < -0.3 is 15.8 Å². The molecule has 1 atom stereocenters. The summed E-state index contributed by atoms with van der Waals surface area (Å²) >= 11 is 0. The molecule has 0 radical (unpaired) electrons. The summed E-state index contributed by atoms with van der Waals surface area (Å²) in [4.78, 5) is 11.2. The van der Waals surface area contributed by atoms with Crippen molar-refractivity contribution in [3.63, 3.8) is 0 Å². The van der Waals surface area contributed by atoms with E-state index in [-0.39, 0.29) is 18.7 Å². The third-order valence-electron chi connectivity index (χ3n) is 2.03. The molecule has 4 heteroatoms. The highest BCUT2D eigenvalue weighted by Gasteiger charge is 2.09. The molecule has 1 rings (SSSR count). The molecular formula is C12H18N2O2. The molecule has 1 aromatic carbocycles. The normalized spacial score (nSPS) is 12.2. The highest BCUT2D eigenvalue weighted by molar-refractivity contribution is 5.67. The van der Waals surface area contributed by atoms with Crippen LogP contribution in [0.4, 0.5) is 4.79 Å². The summed E-state index contributed by atoms with van der Waals surface area (Å²) in [6.45, 7) is 3.93. The first-order valence-electron chi connectivity index (χ1n) is 5.33. The molecule has 3 N–H and O–H groups in total. The van der Waals surface area contributed by atoms with Crippen molar-refractivity contribution >= 4 is 6.09 Å². The van der Waals surface area contributed by atoms with Crippen LogP contribution in [0.25, 0.3) is 0 Å². The lowest BCUT2D eigenvalue weighted by atomic mass is 10.1. The van der Waals surface area contributed by atoms with Crippen LogP contribution in [0.2, 0.25) is 0 Å². The van der Waals surface area contributed by atoms with E-state index in [2.05, 4.69) is 5.32 Å². The van der Waals surface area contributed by atoms with Crippen molar-refractivity contribution in [3.8, 4) is 0 Å². The Morgan fingerprint density at radius 1 is 1.38 bits per heavy atom. The molecule has 0 aromatic heterocycles. The molecule has 0 saturated carbocycles. The summed E-state index contributed by atoms with van der Waals surface area (Å²) in [7, 11) is 0. The van der Waals surface area contributed by atoms with Gasteiger partial charge in [-0.3, -0.25) is 0 Å². The molecule has 0 aliphatic carbocycles. The van der Waals surface area contributed by atoms with E-state index in [1.807, 2.05) is 44.2 Å². The summed E-state index contributed by atoms with van der Waals surface area (Å²) in [6.07, 6.45) is -0.429. The maximum absolute atomic E-state index is 11.2. The van der Waals surface area contributed by atoms with Crippen molar-refractivity contribution in [2.24, 2.45) is 5.73 Å². The van der Waals surface area contributed by atoms with E-state index >= 15 is 0 Å². The average Bonchev–Trinajstić information content (AvgIpc) is 2.26. The Morgan fingerprint density at radius 2 is 2.00 bits per heavy atom. The number of carbonyl (C=O) groups excluding carboxylic acids is 1. The molecule has 0 spiro atoms. The molecule has 0 aliphatic rings. The van der Waals surface area contributed by atoms with E-state index in [4.69, 9.17) is 10.5 Å². The Morgan fingerprint density at radius 3 is 2.56 bits per heavy atom. The molecular weight excluding hydrogens is 204 g/mol. The van der Waals surface area contributed by atoms with Gasteiger partial charge in [0.25, 0.3) is 0 Å². The van der Waals surface area contributed by atoms with Crippen LogP contribution in [-0.2, 0) is 4.74 Å². The number of hydrogen-bond donors (Lipinski definition) is 2.